The van der Waals surface area contributed by atoms with Gasteiger partial charge in [0.15, 0.2) is 0 Å². The van der Waals surface area contributed by atoms with E-state index in [4.69, 9.17) is 0 Å². The smallest absolute Gasteiger partial charge is 0.137 e. The summed E-state index contributed by atoms with van der Waals surface area (Å²) in [6, 6.07) is 12.5. The van der Waals surface area contributed by atoms with Gasteiger partial charge in [-0.25, -0.2) is 4.98 Å². The van der Waals surface area contributed by atoms with Crippen LogP contribution in [0.3, 0.4) is 0 Å². The van der Waals surface area contributed by atoms with Gasteiger partial charge in [-0.1, -0.05) is 24.3 Å². The maximum Gasteiger partial charge on any atom is 0.137 e. The van der Waals surface area contributed by atoms with Crippen molar-refractivity contribution in [3.63, 3.8) is 0 Å². The number of hydrogen-bond acceptors (Lipinski definition) is 3. The van der Waals surface area contributed by atoms with Crippen molar-refractivity contribution in [3.8, 4) is 0 Å². The molecular weight excluding hydrogens is 234 g/mol. The molecule has 0 atom stereocenters. The van der Waals surface area contributed by atoms with Gasteiger partial charge in [-0.2, -0.15) is 0 Å². The Morgan fingerprint density at radius 2 is 1.95 bits per heavy atom. The topological polar surface area (TPSA) is 28.2 Å². The number of nitrogens with zero attached hydrogens (tertiary/aromatic N) is 2. The van der Waals surface area contributed by atoms with Gasteiger partial charge >= 0.3 is 0 Å². The van der Waals surface area contributed by atoms with Crippen LogP contribution in [0, 0.1) is 6.92 Å². The number of nitrogens with one attached hydrogen (secondary N) is 1. The lowest BCUT2D eigenvalue weighted by Crippen LogP contribution is -2.21. The lowest BCUT2D eigenvalue weighted by Gasteiger charge is -2.26. The van der Waals surface area contributed by atoms with Gasteiger partial charge in [0.25, 0.3) is 0 Å². The Hall–Kier alpha value is -1.87. The minimum absolute atomic E-state index is 0.825. The summed E-state index contributed by atoms with van der Waals surface area (Å²) in [6.45, 7) is 6.02. The van der Waals surface area contributed by atoms with E-state index in [1.54, 1.807) is 0 Å². The maximum absolute atomic E-state index is 4.57. The van der Waals surface area contributed by atoms with Crippen LogP contribution in [-0.2, 0) is 6.54 Å². The Labute approximate surface area is 115 Å². The van der Waals surface area contributed by atoms with E-state index in [9.17, 15) is 0 Å². The third-order valence-corrected chi connectivity index (χ3v) is 3.21. The molecule has 3 heteroatoms. The van der Waals surface area contributed by atoms with Gasteiger partial charge in [-0.3, -0.25) is 0 Å². The summed E-state index contributed by atoms with van der Waals surface area (Å²) in [4.78, 5) is 6.84. The Morgan fingerprint density at radius 3 is 2.63 bits per heavy atom. The second-order valence-electron chi connectivity index (χ2n) is 4.55. The standard InChI is InChI=1S/C16H21N3/c1-4-19(15-10-6-5-8-13(15)2)16-14(12-17-3)9-7-11-18-16/h5-11,17H,4,12H2,1-3H3. The van der Waals surface area contributed by atoms with Crippen LogP contribution < -0.4 is 10.2 Å². The molecule has 0 bridgehead atoms. The van der Waals surface area contributed by atoms with Crippen molar-refractivity contribution in [2.75, 3.05) is 18.5 Å². The van der Waals surface area contributed by atoms with Crippen LogP contribution in [0.2, 0.25) is 0 Å². The molecule has 3 nitrogen and oxygen atoms in total. The van der Waals surface area contributed by atoms with E-state index in [0.29, 0.717) is 0 Å². The molecule has 1 aromatic carbocycles. The molecular formula is C16H21N3. The largest absolute Gasteiger partial charge is 0.326 e. The highest BCUT2D eigenvalue weighted by atomic mass is 15.2. The predicted molar refractivity (Wildman–Crippen MR) is 80.9 cm³/mol. The second kappa shape index (κ2) is 6.34. The second-order valence-corrected chi connectivity index (χ2v) is 4.55. The Bertz CT molecular complexity index is 537. The number of pyridine rings is 1. The van der Waals surface area contributed by atoms with Crippen molar-refractivity contribution >= 4 is 11.5 Å². The molecule has 0 unspecified atom stereocenters. The highest BCUT2D eigenvalue weighted by Crippen LogP contribution is 2.28. The number of aryl methyl sites for hydroxylation is 1. The van der Waals surface area contributed by atoms with Crippen molar-refractivity contribution in [1.29, 1.82) is 0 Å². The first-order valence-corrected chi connectivity index (χ1v) is 6.69. The average Bonchev–Trinajstić information content (AvgIpc) is 2.44. The summed E-state index contributed by atoms with van der Waals surface area (Å²) in [5.41, 5.74) is 3.71. The number of rotatable bonds is 5. The van der Waals surface area contributed by atoms with E-state index >= 15 is 0 Å². The molecule has 0 aliphatic heterocycles. The van der Waals surface area contributed by atoms with Crippen molar-refractivity contribution in [3.05, 3.63) is 53.7 Å². The fourth-order valence-electron chi connectivity index (χ4n) is 2.30. The Kier molecular flexibility index (Phi) is 4.53. The predicted octanol–water partition coefficient (Wildman–Crippen LogP) is 3.27. The fourth-order valence-corrected chi connectivity index (χ4v) is 2.30. The van der Waals surface area contributed by atoms with Gasteiger partial charge in [0.05, 0.1) is 0 Å². The summed E-state index contributed by atoms with van der Waals surface area (Å²) in [7, 11) is 1.96. The average molecular weight is 255 g/mol. The molecule has 0 radical (unpaired) electrons. The van der Waals surface area contributed by atoms with Crippen LogP contribution >= 0.6 is 0 Å². The van der Waals surface area contributed by atoms with E-state index in [2.05, 4.69) is 59.4 Å². The number of benzene rings is 1. The first-order chi connectivity index (χ1) is 9.27. The Balaban J connectivity index is 2.45. The first kappa shape index (κ1) is 13.6. The van der Waals surface area contributed by atoms with Crippen LogP contribution in [0.1, 0.15) is 18.1 Å². The molecule has 0 spiro atoms. The van der Waals surface area contributed by atoms with E-state index in [1.807, 2.05) is 19.3 Å². The quantitative estimate of drug-likeness (QED) is 0.888. The van der Waals surface area contributed by atoms with Crippen molar-refractivity contribution in [2.45, 2.75) is 20.4 Å². The van der Waals surface area contributed by atoms with Crippen LogP contribution in [0.5, 0.6) is 0 Å². The summed E-state index contributed by atoms with van der Waals surface area (Å²) < 4.78 is 0. The van der Waals surface area contributed by atoms with E-state index < -0.39 is 0 Å². The SMILES string of the molecule is CCN(c1ccccc1C)c1ncccc1CNC. The van der Waals surface area contributed by atoms with Gasteiger partial charge in [0.1, 0.15) is 5.82 Å². The molecule has 0 aliphatic rings. The normalized spacial score (nSPS) is 10.5. The first-order valence-electron chi connectivity index (χ1n) is 6.69. The van der Waals surface area contributed by atoms with E-state index in [0.717, 1.165) is 18.9 Å². The van der Waals surface area contributed by atoms with Crippen molar-refractivity contribution < 1.29 is 0 Å². The number of hydrogen-bond donors (Lipinski definition) is 1. The molecule has 0 saturated heterocycles. The molecule has 0 saturated carbocycles. The molecule has 2 rings (SSSR count). The van der Waals surface area contributed by atoms with Gasteiger partial charge < -0.3 is 10.2 Å². The molecule has 19 heavy (non-hydrogen) atoms. The number of para-hydroxylation sites is 1. The van der Waals surface area contributed by atoms with Gasteiger partial charge in [0.2, 0.25) is 0 Å². The minimum atomic E-state index is 0.825. The number of anilines is 2. The zero-order valence-electron chi connectivity index (χ0n) is 11.9. The molecule has 1 aromatic heterocycles. The van der Waals surface area contributed by atoms with Crippen molar-refractivity contribution in [1.82, 2.24) is 10.3 Å². The molecule has 0 aliphatic carbocycles. The zero-order chi connectivity index (χ0) is 13.7. The van der Waals surface area contributed by atoms with Crippen LogP contribution in [-0.4, -0.2) is 18.6 Å². The van der Waals surface area contributed by atoms with Crippen molar-refractivity contribution in [2.24, 2.45) is 0 Å². The third-order valence-electron chi connectivity index (χ3n) is 3.21. The highest BCUT2D eigenvalue weighted by Gasteiger charge is 2.13. The summed E-state index contributed by atoms with van der Waals surface area (Å²) in [5.74, 6) is 1.04. The molecule has 1 N–H and O–H groups in total. The fraction of sp³-hybridized carbons (Fsp3) is 0.312. The van der Waals surface area contributed by atoms with Crippen LogP contribution in [0.25, 0.3) is 0 Å². The lowest BCUT2D eigenvalue weighted by atomic mass is 10.1. The van der Waals surface area contributed by atoms with E-state index in [1.165, 1.54) is 16.8 Å². The van der Waals surface area contributed by atoms with Gasteiger partial charge in [0, 0.05) is 30.5 Å². The maximum atomic E-state index is 4.57. The lowest BCUT2D eigenvalue weighted by molar-refractivity contribution is 0.805. The zero-order valence-corrected chi connectivity index (χ0v) is 11.9. The van der Waals surface area contributed by atoms with Gasteiger partial charge in [-0.15, -0.1) is 0 Å². The van der Waals surface area contributed by atoms with Crippen LogP contribution in [0.4, 0.5) is 11.5 Å². The summed E-state index contributed by atoms with van der Waals surface area (Å²) in [5, 5.41) is 3.20. The molecule has 0 fully saturated rings. The monoisotopic (exact) mass is 255 g/mol. The summed E-state index contributed by atoms with van der Waals surface area (Å²) >= 11 is 0. The minimum Gasteiger partial charge on any atom is -0.326 e. The van der Waals surface area contributed by atoms with E-state index in [-0.39, 0.29) is 0 Å². The highest BCUT2D eigenvalue weighted by molar-refractivity contribution is 5.65. The van der Waals surface area contributed by atoms with Crippen LogP contribution in [0.15, 0.2) is 42.6 Å². The Morgan fingerprint density at radius 1 is 1.16 bits per heavy atom. The van der Waals surface area contributed by atoms with Gasteiger partial charge in [-0.05, 0) is 38.6 Å². The summed E-state index contributed by atoms with van der Waals surface area (Å²) in [6.07, 6.45) is 1.86. The molecule has 100 valence electrons. The molecule has 0 amide bonds. The molecule has 2 aromatic rings. The molecule has 1 heterocycles. The number of aromatic nitrogens is 1. The third kappa shape index (κ3) is 2.93.